The summed E-state index contributed by atoms with van der Waals surface area (Å²) < 4.78 is 53.2. The fraction of sp³-hybridized carbons (Fsp3) is 0.133. The van der Waals surface area contributed by atoms with Crippen LogP contribution in [0.5, 0.6) is 0 Å². The molecule has 0 aliphatic rings. The number of carbonyl (C=O) groups excluding carboxylic acids is 1. The Morgan fingerprint density at radius 3 is 2.58 bits per heavy atom. The van der Waals surface area contributed by atoms with E-state index >= 15 is 0 Å². The minimum atomic E-state index is -4.77. The van der Waals surface area contributed by atoms with Gasteiger partial charge in [-0.1, -0.05) is 6.07 Å². The zero-order chi connectivity index (χ0) is 17.5. The number of hydrogen-bond acceptors (Lipinski definition) is 3. The highest BCUT2D eigenvalue weighted by atomic mass is 19.4. The average Bonchev–Trinajstić information content (AvgIpc) is 2.95. The van der Waals surface area contributed by atoms with Gasteiger partial charge in [-0.2, -0.15) is 13.2 Å². The molecule has 5 nitrogen and oxygen atoms in total. The van der Waals surface area contributed by atoms with E-state index in [1.807, 2.05) is 0 Å². The predicted octanol–water partition coefficient (Wildman–Crippen LogP) is 2.91. The summed E-state index contributed by atoms with van der Waals surface area (Å²) in [7, 11) is 1.44. The third-order valence-electron chi connectivity index (χ3n) is 3.43. The van der Waals surface area contributed by atoms with E-state index in [1.54, 1.807) is 0 Å². The first-order valence-corrected chi connectivity index (χ1v) is 6.73. The minimum absolute atomic E-state index is 0.0941. The van der Waals surface area contributed by atoms with Crippen LogP contribution in [0.15, 0.2) is 36.8 Å². The van der Waals surface area contributed by atoms with Gasteiger partial charge in [0.2, 0.25) is 0 Å². The number of fused-ring (bicyclic) bond motifs is 1. The zero-order valence-electron chi connectivity index (χ0n) is 12.2. The molecule has 0 saturated heterocycles. The Labute approximate surface area is 133 Å². The molecule has 1 aromatic carbocycles. The number of amides is 1. The number of halogens is 4. The summed E-state index contributed by atoms with van der Waals surface area (Å²) in [6.45, 7) is 0. The Kier molecular flexibility index (Phi) is 3.70. The molecule has 2 aromatic heterocycles. The van der Waals surface area contributed by atoms with E-state index in [9.17, 15) is 22.4 Å². The first-order chi connectivity index (χ1) is 11.3. The minimum Gasteiger partial charge on any atom is -0.354 e. The quantitative estimate of drug-likeness (QED) is 0.731. The number of rotatable bonds is 2. The maximum Gasteiger partial charge on any atom is 0.419 e. The van der Waals surface area contributed by atoms with Crippen LogP contribution in [-0.4, -0.2) is 27.3 Å². The zero-order valence-corrected chi connectivity index (χ0v) is 12.2. The van der Waals surface area contributed by atoms with Crippen molar-refractivity contribution in [2.75, 3.05) is 7.05 Å². The van der Waals surface area contributed by atoms with Crippen molar-refractivity contribution in [2.45, 2.75) is 6.18 Å². The van der Waals surface area contributed by atoms with Crippen LogP contribution >= 0.6 is 0 Å². The first-order valence-electron chi connectivity index (χ1n) is 6.73. The lowest BCUT2D eigenvalue weighted by molar-refractivity contribution is -0.139. The first kappa shape index (κ1) is 15.9. The van der Waals surface area contributed by atoms with Crippen LogP contribution in [-0.2, 0) is 6.18 Å². The van der Waals surface area contributed by atoms with Crippen molar-refractivity contribution in [3.05, 3.63) is 53.9 Å². The van der Waals surface area contributed by atoms with Crippen LogP contribution in [0.4, 0.5) is 17.6 Å². The Hall–Kier alpha value is -2.97. The highest BCUT2D eigenvalue weighted by Crippen LogP contribution is 2.33. The number of benzene rings is 1. The number of hydrogen-bond donors (Lipinski definition) is 1. The fourth-order valence-electron chi connectivity index (χ4n) is 2.25. The topological polar surface area (TPSA) is 59.3 Å². The Morgan fingerprint density at radius 2 is 1.96 bits per heavy atom. The summed E-state index contributed by atoms with van der Waals surface area (Å²) >= 11 is 0. The lowest BCUT2D eigenvalue weighted by Crippen LogP contribution is -2.19. The van der Waals surface area contributed by atoms with Gasteiger partial charge < -0.3 is 5.32 Å². The van der Waals surface area contributed by atoms with Crippen molar-refractivity contribution in [3.63, 3.8) is 0 Å². The smallest absolute Gasteiger partial charge is 0.354 e. The molecule has 0 bridgehead atoms. The van der Waals surface area contributed by atoms with Crippen LogP contribution < -0.4 is 5.32 Å². The summed E-state index contributed by atoms with van der Waals surface area (Å²) in [6.07, 6.45) is -0.675. The van der Waals surface area contributed by atoms with Crippen molar-refractivity contribution in [2.24, 2.45) is 0 Å². The van der Waals surface area contributed by atoms with Crippen molar-refractivity contribution >= 4 is 11.6 Å². The van der Waals surface area contributed by atoms with Gasteiger partial charge in [-0.05, 0) is 12.1 Å². The molecule has 1 N–H and O–H groups in total. The molecule has 0 spiro atoms. The molecule has 0 unspecified atom stereocenters. The van der Waals surface area contributed by atoms with Crippen LogP contribution in [0.25, 0.3) is 16.9 Å². The van der Waals surface area contributed by atoms with Gasteiger partial charge in [0.25, 0.3) is 5.91 Å². The molecule has 9 heteroatoms. The molecule has 24 heavy (non-hydrogen) atoms. The molecule has 124 valence electrons. The van der Waals surface area contributed by atoms with Gasteiger partial charge in [0, 0.05) is 18.8 Å². The third kappa shape index (κ3) is 2.68. The summed E-state index contributed by atoms with van der Waals surface area (Å²) in [6, 6.07) is 2.60. The largest absolute Gasteiger partial charge is 0.419 e. The molecule has 1 amide bonds. The second-order valence-corrected chi connectivity index (χ2v) is 4.92. The Bertz CT molecular complexity index is 933. The van der Waals surface area contributed by atoms with Gasteiger partial charge in [0.05, 0.1) is 23.7 Å². The second-order valence-electron chi connectivity index (χ2n) is 4.92. The molecule has 3 rings (SSSR count). The van der Waals surface area contributed by atoms with E-state index in [0.29, 0.717) is 17.4 Å². The van der Waals surface area contributed by atoms with E-state index < -0.39 is 23.5 Å². The lowest BCUT2D eigenvalue weighted by atomic mass is 10.1. The normalized spacial score (nSPS) is 11.7. The molecule has 2 heterocycles. The second kappa shape index (κ2) is 5.59. The number of carbonyl (C=O) groups is 1. The van der Waals surface area contributed by atoms with Crippen LogP contribution in [0, 0.1) is 5.82 Å². The highest BCUT2D eigenvalue weighted by Gasteiger charge is 2.34. The molecule has 3 aromatic rings. The molecule has 0 saturated carbocycles. The van der Waals surface area contributed by atoms with Crippen LogP contribution in [0.3, 0.4) is 0 Å². The average molecular weight is 338 g/mol. The van der Waals surface area contributed by atoms with Crippen LogP contribution in [0.1, 0.15) is 16.1 Å². The summed E-state index contributed by atoms with van der Waals surface area (Å²) in [5, 5.41) is 2.41. The SMILES string of the molecule is CNC(=O)c1cn2c(-c3ccc(C(F)(F)F)c(F)c3)cnc2cn1. The predicted molar refractivity (Wildman–Crippen MR) is 76.8 cm³/mol. The van der Waals surface area contributed by atoms with E-state index in [2.05, 4.69) is 15.3 Å². The number of aromatic nitrogens is 3. The van der Waals surface area contributed by atoms with Gasteiger partial charge >= 0.3 is 6.18 Å². The highest BCUT2D eigenvalue weighted by molar-refractivity contribution is 5.92. The maximum atomic E-state index is 13.8. The number of nitrogens with one attached hydrogen (secondary N) is 1. The summed E-state index contributed by atoms with van der Waals surface area (Å²) in [5.41, 5.74) is -0.338. The molecule has 0 aliphatic heterocycles. The van der Waals surface area contributed by atoms with Crippen molar-refractivity contribution in [1.29, 1.82) is 0 Å². The van der Waals surface area contributed by atoms with Crippen molar-refractivity contribution < 1.29 is 22.4 Å². The number of imidazole rings is 1. The number of nitrogens with zero attached hydrogens (tertiary/aromatic N) is 3. The molecule has 0 fully saturated rings. The maximum absolute atomic E-state index is 13.8. The van der Waals surface area contributed by atoms with Gasteiger partial charge in [-0.3, -0.25) is 9.20 Å². The standard InChI is InChI=1S/C15H10F4N4O/c1-20-14(24)11-7-23-12(5-22-13(23)6-21-11)8-2-3-9(10(16)4-8)15(17,18)19/h2-7H,1H3,(H,20,24). The summed E-state index contributed by atoms with van der Waals surface area (Å²) in [5.74, 6) is -1.81. The third-order valence-corrected chi connectivity index (χ3v) is 3.43. The lowest BCUT2D eigenvalue weighted by Gasteiger charge is -2.09. The van der Waals surface area contributed by atoms with Gasteiger partial charge in [-0.15, -0.1) is 0 Å². The van der Waals surface area contributed by atoms with Crippen molar-refractivity contribution in [1.82, 2.24) is 19.7 Å². The van der Waals surface area contributed by atoms with Crippen molar-refractivity contribution in [3.8, 4) is 11.3 Å². The van der Waals surface area contributed by atoms with Crippen LogP contribution in [0.2, 0.25) is 0 Å². The van der Waals surface area contributed by atoms with Gasteiger partial charge in [0.15, 0.2) is 5.65 Å². The van der Waals surface area contributed by atoms with E-state index in [4.69, 9.17) is 0 Å². The monoisotopic (exact) mass is 338 g/mol. The molecule has 0 aliphatic carbocycles. The van der Waals surface area contributed by atoms with Gasteiger partial charge in [0.1, 0.15) is 11.5 Å². The number of alkyl halides is 3. The molecule has 0 radical (unpaired) electrons. The molecular formula is C15H10F4N4O. The molecule has 0 atom stereocenters. The van der Waals surface area contributed by atoms with E-state index in [1.165, 1.54) is 30.0 Å². The fourth-order valence-corrected chi connectivity index (χ4v) is 2.25. The van der Waals surface area contributed by atoms with Gasteiger partial charge in [-0.25, -0.2) is 14.4 Å². The summed E-state index contributed by atoms with van der Waals surface area (Å²) in [4.78, 5) is 19.6. The van der Waals surface area contributed by atoms with E-state index in [0.717, 1.165) is 12.1 Å². The Balaban J connectivity index is 2.13. The molecular weight excluding hydrogens is 328 g/mol. The Morgan fingerprint density at radius 1 is 1.21 bits per heavy atom. The van der Waals surface area contributed by atoms with E-state index in [-0.39, 0.29) is 11.3 Å².